The first-order valence-electron chi connectivity index (χ1n) is 7.96. The summed E-state index contributed by atoms with van der Waals surface area (Å²) >= 11 is 6.01. The van der Waals surface area contributed by atoms with Crippen LogP contribution in [0.25, 0.3) is 0 Å². The molecule has 2 rings (SSSR count). The topological polar surface area (TPSA) is 84.5 Å². The molecular weight excluding hydrogens is 332 g/mol. The Kier molecular flexibility index (Phi) is 6.61. The van der Waals surface area contributed by atoms with E-state index < -0.39 is 11.9 Å². The van der Waals surface area contributed by atoms with Crippen molar-refractivity contribution in [2.24, 2.45) is 0 Å². The molecule has 0 saturated heterocycles. The quantitative estimate of drug-likeness (QED) is 0.630. The number of ether oxygens (including phenoxy) is 1. The normalized spacial score (nSPS) is 14.8. The number of hydrogen-bond donors (Lipinski definition) is 2. The van der Waals surface area contributed by atoms with E-state index in [1.165, 1.54) is 31.7 Å². The van der Waals surface area contributed by atoms with Crippen LogP contribution in [0.5, 0.6) is 0 Å². The van der Waals surface area contributed by atoms with Crippen molar-refractivity contribution in [2.45, 2.75) is 44.6 Å². The molecule has 0 bridgehead atoms. The second-order valence-electron chi connectivity index (χ2n) is 5.81. The van der Waals surface area contributed by atoms with Crippen molar-refractivity contribution < 1.29 is 19.1 Å². The van der Waals surface area contributed by atoms with Gasteiger partial charge in [-0.1, -0.05) is 30.9 Å². The van der Waals surface area contributed by atoms with Gasteiger partial charge in [0.05, 0.1) is 23.4 Å². The minimum atomic E-state index is -0.530. The molecule has 1 aromatic carbocycles. The molecule has 0 unspecified atom stereocenters. The molecule has 0 heterocycles. The molecular formula is C17H21ClN2O4. The Balaban J connectivity index is 1.91. The predicted octanol–water partition coefficient (Wildman–Crippen LogP) is 2.90. The van der Waals surface area contributed by atoms with Crippen molar-refractivity contribution in [1.29, 1.82) is 0 Å². The number of methoxy groups -OCH3 is 1. The molecule has 2 amide bonds. The maximum absolute atomic E-state index is 12.0. The maximum atomic E-state index is 12.0. The van der Waals surface area contributed by atoms with Crippen LogP contribution >= 0.6 is 11.6 Å². The van der Waals surface area contributed by atoms with Crippen molar-refractivity contribution in [3.05, 3.63) is 28.8 Å². The van der Waals surface area contributed by atoms with Gasteiger partial charge in [-0.25, -0.2) is 4.79 Å². The lowest BCUT2D eigenvalue weighted by atomic mass is 9.95. The molecule has 0 atom stereocenters. The fourth-order valence-corrected chi connectivity index (χ4v) is 2.90. The van der Waals surface area contributed by atoms with E-state index in [-0.39, 0.29) is 34.6 Å². The lowest BCUT2D eigenvalue weighted by Gasteiger charge is -2.22. The van der Waals surface area contributed by atoms with Gasteiger partial charge in [-0.3, -0.25) is 9.59 Å². The molecule has 0 aliphatic heterocycles. The van der Waals surface area contributed by atoms with Gasteiger partial charge >= 0.3 is 5.97 Å². The summed E-state index contributed by atoms with van der Waals surface area (Å²) in [5.74, 6) is -1.32. The molecule has 1 aliphatic carbocycles. The highest BCUT2D eigenvalue weighted by Gasteiger charge is 2.18. The summed E-state index contributed by atoms with van der Waals surface area (Å²) in [6, 6.07) is 4.57. The first kappa shape index (κ1) is 18.3. The van der Waals surface area contributed by atoms with Crippen molar-refractivity contribution in [2.75, 3.05) is 12.4 Å². The molecule has 2 N–H and O–H groups in total. The van der Waals surface area contributed by atoms with Crippen LogP contribution in [0.4, 0.5) is 5.69 Å². The molecule has 1 aromatic rings. The first-order valence-corrected chi connectivity index (χ1v) is 8.34. The summed E-state index contributed by atoms with van der Waals surface area (Å²) in [5.41, 5.74) is 0.541. The Labute approximate surface area is 145 Å². The Morgan fingerprint density at radius 1 is 1.17 bits per heavy atom. The summed E-state index contributed by atoms with van der Waals surface area (Å²) in [4.78, 5) is 35.5. The molecule has 1 fully saturated rings. The lowest BCUT2D eigenvalue weighted by molar-refractivity contribution is -0.127. The second kappa shape index (κ2) is 8.68. The van der Waals surface area contributed by atoms with E-state index in [4.69, 9.17) is 11.6 Å². The molecule has 1 aliphatic rings. The Bertz CT molecular complexity index is 627. The molecule has 24 heavy (non-hydrogen) atoms. The summed E-state index contributed by atoms with van der Waals surface area (Å²) in [7, 11) is 1.27. The number of rotatable bonds is 5. The van der Waals surface area contributed by atoms with Crippen LogP contribution in [0.15, 0.2) is 18.2 Å². The van der Waals surface area contributed by atoms with Crippen LogP contribution in [0, 0.1) is 0 Å². The zero-order valence-corrected chi connectivity index (χ0v) is 14.3. The second-order valence-corrected chi connectivity index (χ2v) is 6.22. The van der Waals surface area contributed by atoms with Crippen LogP contribution in [0.2, 0.25) is 5.02 Å². The van der Waals surface area contributed by atoms with Gasteiger partial charge in [0.1, 0.15) is 6.42 Å². The van der Waals surface area contributed by atoms with E-state index >= 15 is 0 Å². The number of anilines is 1. The Hall–Kier alpha value is -2.08. The summed E-state index contributed by atoms with van der Waals surface area (Å²) in [5, 5.41) is 5.72. The highest BCUT2D eigenvalue weighted by atomic mass is 35.5. The van der Waals surface area contributed by atoms with Crippen molar-refractivity contribution in [3.8, 4) is 0 Å². The first-order chi connectivity index (χ1) is 11.5. The summed E-state index contributed by atoms with van der Waals surface area (Å²) < 4.78 is 4.63. The van der Waals surface area contributed by atoms with Gasteiger partial charge in [0.25, 0.3) is 0 Å². The van der Waals surface area contributed by atoms with E-state index in [9.17, 15) is 14.4 Å². The van der Waals surface area contributed by atoms with Crippen LogP contribution in [0.1, 0.15) is 48.9 Å². The number of halogens is 1. The van der Waals surface area contributed by atoms with Crippen LogP contribution < -0.4 is 10.6 Å². The number of carbonyl (C=O) groups is 3. The van der Waals surface area contributed by atoms with Gasteiger partial charge in [-0.05, 0) is 31.0 Å². The van der Waals surface area contributed by atoms with Crippen molar-refractivity contribution in [1.82, 2.24) is 5.32 Å². The highest BCUT2D eigenvalue weighted by Crippen LogP contribution is 2.23. The van der Waals surface area contributed by atoms with E-state index in [0.717, 1.165) is 25.7 Å². The van der Waals surface area contributed by atoms with Crippen molar-refractivity contribution in [3.63, 3.8) is 0 Å². The Morgan fingerprint density at radius 2 is 1.88 bits per heavy atom. The number of benzene rings is 1. The smallest absolute Gasteiger partial charge is 0.337 e. The minimum absolute atomic E-state index is 0.158. The maximum Gasteiger partial charge on any atom is 0.337 e. The number of esters is 1. The molecule has 7 heteroatoms. The van der Waals surface area contributed by atoms with E-state index in [1.54, 1.807) is 0 Å². The zero-order valence-electron chi connectivity index (χ0n) is 13.6. The van der Waals surface area contributed by atoms with Gasteiger partial charge in [-0.15, -0.1) is 0 Å². The lowest BCUT2D eigenvalue weighted by Crippen LogP contribution is -2.37. The van der Waals surface area contributed by atoms with Gasteiger partial charge < -0.3 is 15.4 Å². The van der Waals surface area contributed by atoms with Gasteiger partial charge in [0.2, 0.25) is 11.8 Å². The third-order valence-corrected chi connectivity index (χ3v) is 4.28. The molecule has 130 valence electrons. The van der Waals surface area contributed by atoms with Gasteiger partial charge in [0.15, 0.2) is 0 Å². The number of hydrogen-bond acceptors (Lipinski definition) is 4. The molecule has 1 saturated carbocycles. The van der Waals surface area contributed by atoms with Crippen LogP contribution in [-0.4, -0.2) is 30.9 Å². The summed E-state index contributed by atoms with van der Waals surface area (Å²) in [6.45, 7) is 0. The van der Waals surface area contributed by atoms with Crippen LogP contribution in [0.3, 0.4) is 0 Å². The fraction of sp³-hybridized carbons (Fsp3) is 0.471. The van der Waals surface area contributed by atoms with E-state index in [0.29, 0.717) is 0 Å². The fourth-order valence-electron chi connectivity index (χ4n) is 2.73. The summed E-state index contributed by atoms with van der Waals surface area (Å²) in [6.07, 6.45) is 5.04. The van der Waals surface area contributed by atoms with Gasteiger partial charge in [0, 0.05) is 6.04 Å². The van der Waals surface area contributed by atoms with E-state index in [1.807, 2.05) is 0 Å². The average molecular weight is 353 g/mol. The average Bonchev–Trinajstić information content (AvgIpc) is 2.56. The number of amides is 2. The molecule has 0 radical (unpaired) electrons. The minimum Gasteiger partial charge on any atom is -0.465 e. The molecule has 0 spiro atoms. The van der Waals surface area contributed by atoms with Gasteiger partial charge in [-0.2, -0.15) is 0 Å². The largest absolute Gasteiger partial charge is 0.465 e. The standard InChI is InChI=1S/C17H21ClN2O4/c1-24-17(23)11-7-8-13(18)14(9-11)20-16(22)10-15(21)19-12-5-3-2-4-6-12/h7-9,12H,2-6,10H2,1H3,(H,19,21)(H,20,22). The van der Waals surface area contributed by atoms with Crippen molar-refractivity contribution >= 4 is 35.1 Å². The Morgan fingerprint density at radius 3 is 2.54 bits per heavy atom. The number of nitrogens with one attached hydrogen (secondary N) is 2. The SMILES string of the molecule is COC(=O)c1ccc(Cl)c(NC(=O)CC(=O)NC2CCCCC2)c1. The number of carbonyl (C=O) groups excluding carboxylic acids is 3. The van der Waals surface area contributed by atoms with E-state index in [2.05, 4.69) is 15.4 Å². The highest BCUT2D eigenvalue weighted by molar-refractivity contribution is 6.34. The third-order valence-electron chi connectivity index (χ3n) is 3.95. The van der Waals surface area contributed by atoms with Crippen LogP contribution in [-0.2, 0) is 14.3 Å². The third kappa shape index (κ3) is 5.23. The predicted molar refractivity (Wildman–Crippen MR) is 91.1 cm³/mol. The zero-order chi connectivity index (χ0) is 17.5. The molecule has 6 nitrogen and oxygen atoms in total. The molecule has 0 aromatic heterocycles. The monoisotopic (exact) mass is 352 g/mol.